The third kappa shape index (κ3) is 4.35. The van der Waals surface area contributed by atoms with Crippen LogP contribution >= 0.6 is 23.1 Å². The third-order valence-corrected chi connectivity index (χ3v) is 4.90. The second-order valence-corrected chi connectivity index (χ2v) is 7.24. The molecule has 0 aliphatic carbocycles. The Morgan fingerprint density at radius 2 is 2.11 bits per heavy atom. The van der Waals surface area contributed by atoms with Crippen LogP contribution in [0.25, 0.3) is 6.08 Å². The average Bonchev–Trinajstić information content (AvgIpc) is 3.32. The zero-order valence-electron chi connectivity index (χ0n) is 14.8. The van der Waals surface area contributed by atoms with Gasteiger partial charge < -0.3 is 20.1 Å². The summed E-state index contributed by atoms with van der Waals surface area (Å²) in [5, 5.41) is 7.04. The molecule has 0 saturated carbocycles. The lowest BCUT2D eigenvalue weighted by atomic mass is 10.2. The molecule has 3 aromatic rings. The molecule has 2 N–H and O–H groups in total. The van der Waals surface area contributed by atoms with E-state index in [-0.39, 0.29) is 11.8 Å². The van der Waals surface area contributed by atoms with Gasteiger partial charge in [-0.2, -0.15) is 9.36 Å². The number of hydrogen-bond donors (Lipinski definition) is 2. The van der Waals surface area contributed by atoms with E-state index in [0.717, 1.165) is 22.8 Å². The molecule has 0 spiro atoms. The molecule has 0 amide bonds. The SMILES string of the molecule is CC(=Cc1nsc(Nc2ccc(F)c(Cl)c2)n1)NCc1ccc2c(c1)OCO2. The van der Waals surface area contributed by atoms with Crippen molar-refractivity contribution in [1.29, 1.82) is 0 Å². The first kappa shape index (κ1) is 18.5. The molecular formula is C19H16ClFN4O2S. The maximum atomic E-state index is 13.2. The molecule has 0 atom stereocenters. The van der Waals surface area contributed by atoms with E-state index in [4.69, 9.17) is 21.1 Å². The van der Waals surface area contributed by atoms with Crippen LogP contribution in [-0.2, 0) is 6.54 Å². The monoisotopic (exact) mass is 418 g/mol. The van der Waals surface area contributed by atoms with Gasteiger partial charge in [0.25, 0.3) is 0 Å². The number of halogens is 2. The number of fused-ring (bicyclic) bond motifs is 1. The summed E-state index contributed by atoms with van der Waals surface area (Å²) in [6.45, 7) is 2.85. The van der Waals surface area contributed by atoms with Crippen molar-refractivity contribution in [2.45, 2.75) is 13.5 Å². The molecule has 0 bridgehead atoms. The molecule has 2 heterocycles. The van der Waals surface area contributed by atoms with Gasteiger partial charge in [0.15, 0.2) is 17.3 Å². The molecule has 1 aliphatic heterocycles. The Hall–Kier alpha value is -2.84. The molecule has 28 heavy (non-hydrogen) atoms. The van der Waals surface area contributed by atoms with E-state index in [9.17, 15) is 4.39 Å². The topological polar surface area (TPSA) is 68.3 Å². The maximum absolute atomic E-state index is 13.2. The van der Waals surface area contributed by atoms with Crippen LogP contribution in [0.2, 0.25) is 5.02 Å². The second-order valence-electron chi connectivity index (χ2n) is 6.08. The number of ether oxygens (including phenoxy) is 2. The summed E-state index contributed by atoms with van der Waals surface area (Å²) >= 11 is 7.00. The first-order valence-corrected chi connectivity index (χ1v) is 9.58. The number of benzene rings is 2. The van der Waals surface area contributed by atoms with E-state index in [1.807, 2.05) is 31.2 Å². The van der Waals surface area contributed by atoms with Crippen LogP contribution in [0.3, 0.4) is 0 Å². The van der Waals surface area contributed by atoms with Gasteiger partial charge in [-0.25, -0.2) is 4.39 Å². The van der Waals surface area contributed by atoms with Crippen molar-refractivity contribution in [3.05, 3.63) is 64.3 Å². The Bertz CT molecular complexity index is 1040. The van der Waals surface area contributed by atoms with E-state index >= 15 is 0 Å². The minimum atomic E-state index is -0.461. The second kappa shape index (κ2) is 8.04. The number of allylic oxidation sites excluding steroid dienone is 1. The molecule has 0 unspecified atom stereocenters. The quantitative estimate of drug-likeness (QED) is 0.590. The summed E-state index contributed by atoms with van der Waals surface area (Å²) in [7, 11) is 0. The fourth-order valence-electron chi connectivity index (χ4n) is 2.58. The van der Waals surface area contributed by atoms with Crippen molar-refractivity contribution in [2.24, 2.45) is 0 Å². The largest absolute Gasteiger partial charge is 0.454 e. The molecule has 0 fully saturated rings. The lowest BCUT2D eigenvalue weighted by Gasteiger charge is -2.07. The third-order valence-electron chi connectivity index (χ3n) is 3.97. The van der Waals surface area contributed by atoms with Gasteiger partial charge in [-0.3, -0.25) is 0 Å². The summed E-state index contributed by atoms with van der Waals surface area (Å²) < 4.78 is 28.2. The van der Waals surface area contributed by atoms with E-state index in [2.05, 4.69) is 20.0 Å². The summed E-state index contributed by atoms with van der Waals surface area (Å²) in [5.41, 5.74) is 2.65. The zero-order valence-corrected chi connectivity index (χ0v) is 16.4. The predicted molar refractivity (Wildman–Crippen MR) is 108 cm³/mol. The Balaban J connectivity index is 1.36. The van der Waals surface area contributed by atoms with Crippen molar-refractivity contribution in [3.63, 3.8) is 0 Å². The van der Waals surface area contributed by atoms with Gasteiger partial charge in [-0.15, -0.1) is 0 Å². The number of nitrogens with zero attached hydrogens (tertiary/aromatic N) is 2. The highest BCUT2D eigenvalue weighted by Gasteiger charge is 2.13. The van der Waals surface area contributed by atoms with Gasteiger partial charge >= 0.3 is 0 Å². The van der Waals surface area contributed by atoms with Crippen LogP contribution in [-0.4, -0.2) is 16.2 Å². The van der Waals surface area contributed by atoms with Crippen LogP contribution < -0.4 is 20.1 Å². The van der Waals surface area contributed by atoms with Crippen LogP contribution in [0, 0.1) is 5.82 Å². The van der Waals surface area contributed by atoms with Gasteiger partial charge in [0.05, 0.1) is 5.02 Å². The van der Waals surface area contributed by atoms with Gasteiger partial charge in [0.2, 0.25) is 11.9 Å². The first-order chi connectivity index (χ1) is 13.6. The Kier molecular flexibility index (Phi) is 5.31. The summed E-state index contributed by atoms with van der Waals surface area (Å²) in [4.78, 5) is 4.41. The number of hydrogen-bond acceptors (Lipinski definition) is 7. The number of anilines is 2. The van der Waals surface area contributed by atoms with Crippen molar-refractivity contribution in [1.82, 2.24) is 14.7 Å². The Labute approximate surface area is 170 Å². The number of rotatable bonds is 6. The number of aromatic nitrogens is 2. The highest BCUT2D eigenvalue weighted by molar-refractivity contribution is 7.09. The lowest BCUT2D eigenvalue weighted by Crippen LogP contribution is -2.10. The smallest absolute Gasteiger partial charge is 0.231 e. The van der Waals surface area contributed by atoms with Crippen LogP contribution in [0.1, 0.15) is 18.3 Å². The van der Waals surface area contributed by atoms with Crippen molar-refractivity contribution >= 4 is 40.0 Å². The zero-order chi connectivity index (χ0) is 19.5. The molecule has 0 saturated heterocycles. The van der Waals surface area contributed by atoms with Crippen molar-refractivity contribution in [3.8, 4) is 11.5 Å². The minimum Gasteiger partial charge on any atom is -0.454 e. The Morgan fingerprint density at radius 3 is 2.96 bits per heavy atom. The van der Waals surface area contributed by atoms with E-state index in [0.29, 0.717) is 23.2 Å². The highest BCUT2D eigenvalue weighted by atomic mass is 35.5. The summed E-state index contributed by atoms with van der Waals surface area (Å²) in [5.74, 6) is 1.65. The van der Waals surface area contributed by atoms with E-state index in [1.165, 1.54) is 23.7 Å². The van der Waals surface area contributed by atoms with Crippen LogP contribution in [0.15, 0.2) is 42.1 Å². The highest BCUT2D eigenvalue weighted by Crippen LogP contribution is 2.32. The maximum Gasteiger partial charge on any atom is 0.231 e. The predicted octanol–water partition coefficient (Wildman–Crippen LogP) is 4.95. The first-order valence-electron chi connectivity index (χ1n) is 8.43. The van der Waals surface area contributed by atoms with E-state index < -0.39 is 5.82 Å². The van der Waals surface area contributed by atoms with Gasteiger partial charge in [0.1, 0.15) is 5.82 Å². The normalized spacial score (nSPS) is 12.9. The number of nitrogens with one attached hydrogen (secondary N) is 2. The molecule has 0 radical (unpaired) electrons. The van der Waals surface area contributed by atoms with Crippen molar-refractivity contribution < 1.29 is 13.9 Å². The average molecular weight is 419 g/mol. The van der Waals surface area contributed by atoms with Crippen LogP contribution in [0.4, 0.5) is 15.2 Å². The molecule has 1 aromatic heterocycles. The molecule has 9 heteroatoms. The van der Waals surface area contributed by atoms with Crippen molar-refractivity contribution in [2.75, 3.05) is 12.1 Å². The molecule has 1 aliphatic rings. The molecule has 144 valence electrons. The van der Waals surface area contributed by atoms with Gasteiger partial charge in [-0.05, 0) is 42.8 Å². The fraction of sp³-hybridized carbons (Fsp3) is 0.158. The standard InChI is InChI=1S/C19H16ClFN4O2S/c1-11(22-9-12-2-5-16-17(7-12)27-10-26-16)6-18-24-19(28-25-18)23-13-3-4-15(21)14(20)8-13/h2-8,22H,9-10H2,1H3,(H,23,24,25). The minimum absolute atomic E-state index is 0.0539. The summed E-state index contributed by atoms with van der Waals surface area (Å²) in [6, 6.07) is 10.3. The Morgan fingerprint density at radius 1 is 1.25 bits per heavy atom. The molecule has 6 nitrogen and oxygen atoms in total. The van der Waals surface area contributed by atoms with Gasteiger partial charge in [-0.1, -0.05) is 17.7 Å². The van der Waals surface area contributed by atoms with E-state index in [1.54, 1.807) is 6.07 Å². The molecule has 4 rings (SSSR count). The molecular weight excluding hydrogens is 403 g/mol. The lowest BCUT2D eigenvalue weighted by molar-refractivity contribution is 0.174. The fourth-order valence-corrected chi connectivity index (χ4v) is 3.33. The van der Waals surface area contributed by atoms with Gasteiger partial charge in [0, 0.05) is 35.5 Å². The molecule has 2 aromatic carbocycles. The van der Waals surface area contributed by atoms with Crippen LogP contribution in [0.5, 0.6) is 11.5 Å². The summed E-state index contributed by atoms with van der Waals surface area (Å²) in [6.07, 6.45) is 1.85.